The average molecular weight is 252 g/mol. The minimum Gasteiger partial charge on any atom is -0.375 e. The SMILES string of the molecule is Cc1ccc(F)cc1NC(=O)[C@H]1NCCO[C@@H]1C. The lowest BCUT2D eigenvalue weighted by Crippen LogP contribution is -2.53. The van der Waals surface area contributed by atoms with E-state index < -0.39 is 6.04 Å². The van der Waals surface area contributed by atoms with E-state index in [1.54, 1.807) is 6.07 Å². The summed E-state index contributed by atoms with van der Waals surface area (Å²) in [5.41, 5.74) is 1.33. The molecule has 2 N–H and O–H groups in total. The second-order valence-electron chi connectivity index (χ2n) is 4.46. The Kier molecular flexibility index (Phi) is 3.93. The predicted molar refractivity (Wildman–Crippen MR) is 67.0 cm³/mol. The summed E-state index contributed by atoms with van der Waals surface area (Å²) in [6.45, 7) is 4.91. The number of hydrogen-bond acceptors (Lipinski definition) is 3. The molecule has 2 atom stereocenters. The van der Waals surface area contributed by atoms with Crippen molar-refractivity contribution in [2.24, 2.45) is 0 Å². The summed E-state index contributed by atoms with van der Waals surface area (Å²) in [5.74, 6) is -0.562. The van der Waals surface area contributed by atoms with Crippen molar-refractivity contribution < 1.29 is 13.9 Å². The Bertz CT molecular complexity index is 451. The maximum Gasteiger partial charge on any atom is 0.244 e. The van der Waals surface area contributed by atoms with Crippen LogP contribution in [-0.2, 0) is 9.53 Å². The first-order chi connectivity index (χ1) is 8.58. The number of nitrogens with one attached hydrogen (secondary N) is 2. The van der Waals surface area contributed by atoms with Crippen molar-refractivity contribution in [3.8, 4) is 0 Å². The third kappa shape index (κ3) is 2.86. The Labute approximate surface area is 106 Å². The van der Waals surface area contributed by atoms with Crippen LogP contribution >= 0.6 is 0 Å². The summed E-state index contributed by atoms with van der Waals surface area (Å²) >= 11 is 0. The Morgan fingerprint density at radius 3 is 3.06 bits per heavy atom. The largest absolute Gasteiger partial charge is 0.375 e. The topological polar surface area (TPSA) is 50.4 Å². The number of carbonyl (C=O) groups excluding carboxylic acids is 1. The van der Waals surface area contributed by atoms with E-state index in [2.05, 4.69) is 10.6 Å². The number of amides is 1. The predicted octanol–water partition coefficient (Wildman–Crippen LogP) is 1.45. The first kappa shape index (κ1) is 13.0. The van der Waals surface area contributed by atoms with Crippen LogP contribution < -0.4 is 10.6 Å². The average Bonchev–Trinajstić information content (AvgIpc) is 2.34. The number of rotatable bonds is 2. The molecule has 0 radical (unpaired) electrons. The van der Waals surface area contributed by atoms with Crippen molar-refractivity contribution in [2.75, 3.05) is 18.5 Å². The van der Waals surface area contributed by atoms with Gasteiger partial charge in [0.25, 0.3) is 0 Å². The van der Waals surface area contributed by atoms with Gasteiger partial charge in [0, 0.05) is 12.2 Å². The van der Waals surface area contributed by atoms with Gasteiger partial charge in [-0.2, -0.15) is 0 Å². The van der Waals surface area contributed by atoms with Gasteiger partial charge in [0.2, 0.25) is 5.91 Å². The van der Waals surface area contributed by atoms with Gasteiger partial charge < -0.3 is 15.4 Å². The third-order valence-electron chi connectivity index (χ3n) is 3.06. The normalized spacial score (nSPS) is 23.7. The number of hydrogen-bond donors (Lipinski definition) is 2. The van der Waals surface area contributed by atoms with E-state index >= 15 is 0 Å². The van der Waals surface area contributed by atoms with Gasteiger partial charge >= 0.3 is 0 Å². The second kappa shape index (κ2) is 5.46. The van der Waals surface area contributed by atoms with Gasteiger partial charge in [0.05, 0.1) is 12.7 Å². The fourth-order valence-corrected chi connectivity index (χ4v) is 1.97. The van der Waals surface area contributed by atoms with Crippen LogP contribution in [0.5, 0.6) is 0 Å². The number of halogens is 1. The number of carbonyl (C=O) groups is 1. The van der Waals surface area contributed by atoms with Crippen LogP contribution in [0.25, 0.3) is 0 Å². The van der Waals surface area contributed by atoms with Gasteiger partial charge in [0.1, 0.15) is 11.9 Å². The zero-order valence-corrected chi connectivity index (χ0v) is 10.5. The summed E-state index contributed by atoms with van der Waals surface area (Å²) in [4.78, 5) is 12.1. The van der Waals surface area contributed by atoms with Crippen LogP contribution in [0, 0.1) is 12.7 Å². The van der Waals surface area contributed by atoms with Gasteiger partial charge in [-0.05, 0) is 31.5 Å². The molecule has 1 fully saturated rings. The molecule has 1 aromatic rings. The quantitative estimate of drug-likeness (QED) is 0.837. The Hall–Kier alpha value is -1.46. The molecule has 2 rings (SSSR count). The van der Waals surface area contributed by atoms with Crippen LogP contribution in [0.15, 0.2) is 18.2 Å². The zero-order chi connectivity index (χ0) is 13.1. The standard InChI is InChI=1S/C13H17FN2O2/c1-8-3-4-10(14)7-11(8)16-13(17)12-9(2)18-6-5-15-12/h3-4,7,9,12,15H,5-6H2,1-2H3,(H,16,17)/t9-,12+/m1/s1. The molecule has 1 amide bonds. The van der Waals surface area contributed by atoms with Crippen LogP contribution in [0.3, 0.4) is 0 Å². The lowest BCUT2D eigenvalue weighted by Gasteiger charge is -2.29. The molecule has 1 saturated heterocycles. The number of ether oxygens (including phenoxy) is 1. The first-order valence-corrected chi connectivity index (χ1v) is 6.00. The highest BCUT2D eigenvalue weighted by atomic mass is 19.1. The molecule has 1 heterocycles. The Morgan fingerprint density at radius 1 is 1.56 bits per heavy atom. The van der Waals surface area contributed by atoms with Crippen molar-refractivity contribution in [1.82, 2.24) is 5.32 Å². The van der Waals surface area contributed by atoms with Crippen LogP contribution in [-0.4, -0.2) is 31.2 Å². The van der Waals surface area contributed by atoms with Crippen LogP contribution in [0.1, 0.15) is 12.5 Å². The molecule has 4 nitrogen and oxygen atoms in total. The molecular weight excluding hydrogens is 235 g/mol. The van der Waals surface area contributed by atoms with E-state index in [9.17, 15) is 9.18 Å². The molecule has 98 valence electrons. The van der Waals surface area contributed by atoms with Gasteiger partial charge in [0.15, 0.2) is 0 Å². The van der Waals surface area contributed by atoms with Gasteiger partial charge in [-0.3, -0.25) is 4.79 Å². The highest BCUT2D eigenvalue weighted by molar-refractivity contribution is 5.95. The molecule has 0 aliphatic carbocycles. The Morgan fingerprint density at radius 2 is 2.33 bits per heavy atom. The lowest BCUT2D eigenvalue weighted by atomic mass is 10.1. The van der Waals surface area contributed by atoms with Crippen LogP contribution in [0.2, 0.25) is 0 Å². The third-order valence-corrected chi connectivity index (χ3v) is 3.06. The molecule has 0 saturated carbocycles. The molecular formula is C13H17FN2O2. The van der Waals surface area contributed by atoms with E-state index in [1.165, 1.54) is 12.1 Å². The number of aryl methyl sites for hydroxylation is 1. The molecule has 0 aromatic heterocycles. The van der Waals surface area contributed by atoms with Crippen molar-refractivity contribution in [3.63, 3.8) is 0 Å². The maximum atomic E-state index is 13.1. The van der Waals surface area contributed by atoms with Crippen molar-refractivity contribution in [3.05, 3.63) is 29.6 Å². The lowest BCUT2D eigenvalue weighted by molar-refractivity contribution is -0.123. The van der Waals surface area contributed by atoms with E-state index in [-0.39, 0.29) is 17.8 Å². The van der Waals surface area contributed by atoms with Crippen molar-refractivity contribution >= 4 is 11.6 Å². The molecule has 1 aliphatic rings. The molecule has 5 heteroatoms. The summed E-state index contributed by atoms with van der Waals surface area (Å²) in [6, 6.07) is 3.93. The Balaban J connectivity index is 2.08. The zero-order valence-electron chi connectivity index (χ0n) is 10.5. The summed E-state index contributed by atoms with van der Waals surface area (Å²) in [6.07, 6.45) is -0.187. The summed E-state index contributed by atoms with van der Waals surface area (Å²) in [7, 11) is 0. The highest BCUT2D eigenvalue weighted by Crippen LogP contribution is 2.17. The van der Waals surface area contributed by atoms with Crippen LogP contribution in [0.4, 0.5) is 10.1 Å². The minimum atomic E-state index is -0.401. The van der Waals surface area contributed by atoms with Crippen molar-refractivity contribution in [1.29, 1.82) is 0 Å². The van der Waals surface area contributed by atoms with E-state index in [0.29, 0.717) is 18.8 Å². The number of morpholine rings is 1. The van der Waals surface area contributed by atoms with E-state index in [0.717, 1.165) is 5.56 Å². The van der Waals surface area contributed by atoms with Gasteiger partial charge in [-0.15, -0.1) is 0 Å². The fraction of sp³-hybridized carbons (Fsp3) is 0.462. The monoisotopic (exact) mass is 252 g/mol. The van der Waals surface area contributed by atoms with Gasteiger partial charge in [-0.25, -0.2) is 4.39 Å². The number of benzene rings is 1. The smallest absolute Gasteiger partial charge is 0.244 e. The molecule has 0 spiro atoms. The maximum absolute atomic E-state index is 13.1. The molecule has 0 bridgehead atoms. The first-order valence-electron chi connectivity index (χ1n) is 6.00. The van der Waals surface area contributed by atoms with Crippen molar-refractivity contribution in [2.45, 2.75) is 26.0 Å². The van der Waals surface area contributed by atoms with Gasteiger partial charge in [-0.1, -0.05) is 6.07 Å². The van der Waals surface area contributed by atoms with E-state index in [1.807, 2.05) is 13.8 Å². The molecule has 1 aliphatic heterocycles. The summed E-state index contributed by atoms with van der Waals surface area (Å²) < 4.78 is 18.5. The minimum absolute atomic E-state index is 0.187. The van der Waals surface area contributed by atoms with E-state index in [4.69, 9.17) is 4.74 Å². The molecule has 1 aromatic carbocycles. The molecule has 18 heavy (non-hydrogen) atoms. The fourth-order valence-electron chi connectivity index (χ4n) is 1.97. The molecule has 0 unspecified atom stereocenters. The highest BCUT2D eigenvalue weighted by Gasteiger charge is 2.28. The second-order valence-corrected chi connectivity index (χ2v) is 4.46. The summed E-state index contributed by atoms with van der Waals surface area (Å²) in [5, 5.41) is 5.82. The number of anilines is 1.